The molecule has 2 aromatic carbocycles. The van der Waals surface area contributed by atoms with Crippen LogP contribution in [0.2, 0.25) is 0 Å². The Kier molecular flexibility index (Phi) is 6.10. The third-order valence-electron chi connectivity index (χ3n) is 4.36. The van der Waals surface area contributed by atoms with Gasteiger partial charge in [-0.25, -0.2) is 8.42 Å². The molecule has 0 bridgehead atoms. The van der Waals surface area contributed by atoms with Crippen molar-refractivity contribution in [1.29, 1.82) is 0 Å². The van der Waals surface area contributed by atoms with Gasteiger partial charge in [-0.3, -0.25) is 0 Å². The van der Waals surface area contributed by atoms with Crippen LogP contribution in [0.3, 0.4) is 0 Å². The van der Waals surface area contributed by atoms with E-state index in [1.165, 1.54) is 9.87 Å². The molecule has 1 atom stereocenters. The van der Waals surface area contributed by atoms with E-state index in [9.17, 15) is 8.42 Å². The number of benzene rings is 2. The van der Waals surface area contributed by atoms with Crippen molar-refractivity contribution in [2.24, 2.45) is 0 Å². The molecule has 1 aliphatic rings. The van der Waals surface area contributed by atoms with E-state index in [0.717, 1.165) is 12.0 Å². The Morgan fingerprint density at radius 3 is 2.58 bits per heavy atom. The van der Waals surface area contributed by atoms with Crippen LogP contribution in [0.1, 0.15) is 17.5 Å². The number of ether oxygens (including phenoxy) is 1. The maximum absolute atomic E-state index is 13.0. The van der Waals surface area contributed by atoms with E-state index < -0.39 is 16.1 Å². The molecule has 4 nitrogen and oxygen atoms in total. The third kappa shape index (κ3) is 4.53. The van der Waals surface area contributed by atoms with Gasteiger partial charge in [0.25, 0.3) is 0 Å². The van der Waals surface area contributed by atoms with Crippen LogP contribution in [-0.4, -0.2) is 38.5 Å². The highest BCUT2D eigenvalue weighted by Crippen LogP contribution is 2.21. The van der Waals surface area contributed by atoms with Crippen LogP contribution in [0.25, 0.3) is 0 Å². The van der Waals surface area contributed by atoms with Crippen LogP contribution in [0.4, 0.5) is 0 Å². The summed E-state index contributed by atoms with van der Waals surface area (Å²) in [5.74, 6) is 6.23. The van der Waals surface area contributed by atoms with E-state index in [0.29, 0.717) is 31.1 Å². The summed E-state index contributed by atoms with van der Waals surface area (Å²) in [6, 6.07) is 16.6. The summed E-state index contributed by atoms with van der Waals surface area (Å²) >= 11 is 0. The van der Waals surface area contributed by atoms with Gasteiger partial charge in [-0.1, -0.05) is 53.9 Å². The quantitative estimate of drug-likeness (QED) is 0.779. The van der Waals surface area contributed by atoms with Crippen molar-refractivity contribution in [3.63, 3.8) is 0 Å². The smallest absolute Gasteiger partial charge is 0.244 e. The second-order valence-electron chi connectivity index (χ2n) is 6.33. The molecule has 0 aliphatic carbocycles. The fourth-order valence-corrected chi connectivity index (χ4v) is 4.39. The highest BCUT2D eigenvalue weighted by Gasteiger charge is 2.33. The average molecular weight is 369 g/mol. The minimum Gasteiger partial charge on any atom is -0.377 e. The third-order valence-corrected chi connectivity index (χ3v) is 6.28. The monoisotopic (exact) mass is 369 g/mol. The SMILES string of the molecule is Cc1ccc(S(=O)(=O)N2CCOC[C@@H]2C#CCCc2ccccc2)cc1. The molecule has 1 fully saturated rings. The second kappa shape index (κ2) is 8.50. The summed E-state index contributed by atoms with van der Waals surface area (Å²) < 4.78 is 32.9. The lowest BCUT2D eigenvalue weighted by Gasteiger charge is -2.31. The molecule has 136 valence electrons. The van der Waals surface area contributed by atoms with Crippen molar-refractivity contribution >= 4 is 10.0 Å². The van der Waals surface area contributed by atoms with Gasteiger partial charge in [0.2, 0.25) is 10.0 Å². The average Bonchev–Trinajstić information content (AvgIpc) is 2.67. The molecular formula is C21H23NO3S. The molecule has 0 unspecified atom stereocenters. The molecule has 3 rings (SSSR count). The first-order valence-corrected chi connectivity index (χ1v) is 10.2. The van der Waals surface area contributed by atoms with Gasteiger partial charge in [-0.15, -0.1) is 5.92 Å². The number of rotatable bonds is 4. The van der Waals surface area contributed by atoms with Crippen LogP contribution < -0.4 is 0 Å². The second-order valence-corrected chi connectivity index (χ2v) is 8.22. The zero-order valence-corrected chi connectivity index (χ0v) is 15.7. The van der Waals surface area contributed by atoms with E-state index in [1.807, 2.05) is 37.3 Å². The predicted octanol–water partition coefficient (Wildman–Crippen LogP) is 3.02. The largest absolute Gasteiger partial charge is 0.377 e. The summed E-state index contributed by atoms with van der Waals surface area (Å²) in [5, 5.41) is 0. The van der Waals surface area contributed by atoms with E-state index in [-0.39, 0.29) is 0 Å². The molecule has 26 heavy (non-hydrogen) atoms. The predicted molar refractivity (Wildman–Crippen MR) is 102 cm³/mol. The molecule has 0 saturated carbocycles. The van der Waals surface area contributed by atoms with E-state index in [4.69, 9.17) is 4.74 Å². The number of hydrogen-bond donors (Lipinski definition) is 0. The molecule has 0 amide bonds. The van der Waals surface area contributed by atoms with E-state index in [1.54, 1.807) is 12.1 Å². The minimum atomic E-state index is -3.57. The lowest BCUT2D eigenvalue weighted by atomic mass is 10.1. The van der Waals surface area contributed by atoms with Gasteiger partial charge in [0.15, 0.2) is 0 Å². The maximum Gasteiger partial charge on any atom is 0.244 e. The van der Waals surface area contributed by atoms with Crippen molar-refractivity contribution in [3.05, 3.63) is 65.7 Å². The van der Waals surface area contributed by atoms with Crippen LogP contribution in [0.15, 0.2) is 59.5 Å². The van der Waals surface area contributed by atoms with Gasteiger partial charge >= 0.3 is 0 Å². The summed E-state index contributed by atoms with van der Waals surface area (Å²) in [4.78, 5) is 0.307. The molecule has 1 saturated heterocycles. The van der Waals surface area contributed by atoms with Gasteiger partial charge in [0.05, 0.1) is 18.1 Å². The first-order chi connectivity index (χ1) is 12.6. The fraction of sp³-hybridized carbons (Fsp3) is 0.333. The molecule has 5 heteroatoms. The summed E-state index contributed by atoms with van der Waals surface area (Å²) in [6.07, 6.45) is 1.55. The normalized spacial score (nSPS) is 18.1. The zero-order chi connectivity index (χ0) is 18.4. The van der Waals surface area contributed by atoms with Gasteiger partial charge < -0.3 is 4.74 Å². The van der Waals surface area contributed by atoms with Crippen molar-refractivity contribution in [3.8, 4) is 11.8 Å². The molecular weight excluding hydrogens is 346 g/mol. The Hall–Kier alpha value is -2.13. The number of aryl methyl sites for hydroxylation is 2. The molecule has 0 N–H and O–H groups in total. The van der Waals surface area contributed by atoms with Crippen LogP contribution in [0, 0.1) is 18.8 Å². The standard InChI is InChI=1S/C21H23NO3S/c1-18-11-13-21(14-12-18)26(23,24)22-15-16-25-17-20(22)10-6-5-9-19-7-3-2-4-8-19/h2-4,7-8,11-14,20H,5,9,15-17H2,1H3/t20-/m0/s1. The van der Waals surface area contributed by atoms with Crippen molar-refractivity contribution < 1.29 is 13.2 Å². The first-order valence-electron chi connectivity index (χ1n) is 8.76. The topological polar surface area (TPSA) is 46.6 Å². The molecule has 2 aromatic rings. The minimum absolute atomic E-state index is 0.307. The Labute approximate surface area is 155 Å². The zero-order valence-electron chi connectivity index (χ0n) is 14.9. The van der Waals surface area contributed by atoms with Crippen molar-refractivity contribution in [2.75, 3.05) is 19.8 Å². The molecule has 0 spiro atoms. The molecule has 0 radical (unpaired) electrons. The van der Waals surface area contributed by atoms with Crippen molar-refractivity contribution in [1.82, 2.24) is 4.31 Å². The number of hydrogen-bond acceptors (Lipinski definition) is 3. The molecule has 1 heterocycles. The highest BCUT2D eigenvalue weighted by molar-refractivity contribution is 7.89. The van der Waals surface area contributed by atoms with Crippen LogP contribution in [0.5, 0.6) is 0 Å². The highest BCUT2D eigenvalue weighted by atomic mass is 32.2. The number of nitrogens with zero attached hydrogens (tertiary/aromatic N) is 1. The lowest BCUT2D eigenvalue weighted by molar-refractivity contribution is 0.0517. The molecule has 1 aliphatic heterocycles. The Balaban J connectivity index is 1.72. The Morgan fingerprint density at radius 1 is 1.12 bits per heavy atom. The number of morpholine rings is 1. The summed E-state index contributed by atoms with van der Waals surface area (Å²) in [6.45, 7) is 2.97. The summed E-state index contributed by atoms with van der Waals surface area (Å²) in [7, 11) is -3.57. The maximum atomic E-state index is 13.0. The van der Waals surface area contributed by atoms with Gasteiger partial charge in [-0.05, 0) is 31.0 Å². The van der Waals surface area contributed by atoms with Crippen LogP contribution >= 0.6 is 0 Å². The molecule has 0 aromatic heterocycles. The fourth-order valence-electron chi connectivity index (χ4n) is 2.88. The van der Waals surface area contributed by atoms with Crippen LogP contribution in [-0.2, 0) is 21.2 Å². The van der Waals surface area contributed by atoms with Gasteiger partial charge in [0, 0.05) is 13.0 Å². The lowest BCUT2D eigenvalue weighted by Crippen LogP contribution is -2.47. The number of sulfonamides is 1. The van der Waals surface area contributed by atoms with Gasteiger partial charge in [-0.2, -0.15) is 4.31 Å². The van der Waals surface area contributed by atoms with E-state index >= 15 is 0 Å². The Morgan fingerprint density at radius 2 is 1.85 bits per heavy atom. The summed E-state index contributed by atoms with van der Waals surface area (Å²) in [5.41, 5.74) is 2.26. The van der Waals surface area contributed by atoms with E-state index in [2.05, 4.69) is 24.0 Å². The Bertz CT molecular complexity index is 880. The van der Waals surface area contributed by atoms with Gasteiger partial charge in [0.1, 0.15) is 6.04 Å². The van der Waals surface area contributed by atoms with Crippen molar-refractivity contribution in [2.45, 2.75) is 30.7 Å². The first kappa shape index (κ1) is 18.7.